The molecular weight excluding hydrogens is 459 g/mol. The summed E-state index contributed by atoms with van der Waals surface area (Å²) in [7, 11) is 0. The van der Waals surface area contributed by atoms with Gasteiger partial charge >= 0.3 is 0 Å². The van der Waals surface area contributed by atoms with Crippen LogP contribution >= 0.6 is 0 Å². The van der Waals surface area contributed by atoms with Crippen LogP contribution in [0.4, 0.5) is 21.5 Å². The smallest absolute Gasteiger partial charge is 0.262 e. The lowest BCUT2D eigenvalue weighted by atomic mass is 10.1. The quantitative estimate of drug-likeness (QED) is 0.314. The van der Waals surface area contributed by atoms with Crippen LogP contribution in [0.3, 0.4) is 0 Å². The van der Waals surface area contributed by atoms with Gasteiger partial charge in [0, 0.05) is 76.4 Å². The zero-order chi connectivity index (χ0) is 25.5. The number of allylic oxidation sites excluding steroid dienone is 1. The fourth-order valence-electron chi connectivity index (χ4n) is 4.80. The van der Waals surface area contributed by atoms with E-state index in [2.05, 4.69) is 21.2 Å². The summed E-state index contributed by atoms with van der Waals surface area (Å²) in [5, 5.41) is 22.1. The SMILES string of the molecule is CC([NH2+]c1ccc(F)cc1)=C(C=N)C(=O)Nc1ccc(N2CCN(C3CCOCC3)CC2)c(C#N)c1. The number of ether oxygens (including phenoxy) is 1. The van der Waals surface area contributed by atoms with Crippen molar-refractivity contribution in [2.75, 3.05) is 49.6 Å². The van der Waals surface area contributed by atoms with Crippen LogP contribution in [0.15, 0.2) is 53.7 Å². The van der Waals surface area contributed by atoms with Crippen molar-refractivity contribution in [3.63, 3.8) is 0 Å². The van der Waals surface area contributed by atoms with Gasteiger partial charge in [0.05, 0.1) is 11.3 Å². The number of nitrogens with two attached hydrogens (primary N) is 1. The molecule has 0 spiro atoms. The number of rotatable bonds is 7. The van der Waals surface area contributed by atoms with E-state index in [4.69, 9.17) is 10.1 Å². The molecule has 0 aromatic heterocycles. The van der Waals surface area contributed by atoms with Crippen molar-refractivity contribution < 1.29 is 19.2 Å². The molecule has 0 aliphatic carbocycles. The van der Waals surface area contributed by atoms with Crippen LogP contribution in [0.2, 0.25) is 0 Å². The van der Waals surface area contributed by atoms with Gasteiger partial charge in [0.25, 0.3) is 5.91 Å². The van der Waals surface area contributed by atoms with Crippen LogP contribution < -0.4 is 15.5 Å². The molecule has 2 aliphatic rings. The molecule has 1 amide bonds. The predicted octanol–water partition coefficient (Wildman–Crippen LogP) is 2.76. The van der Waals surface area contributed by atoms with Crippen molar-refractivity contribution in [2.45, 2.75) is 25.8 Å². The van der Waals surface area contributed by atoms with Crippen LogP contribution in [0.5, 0.6) is 0 Å². The number of amides is 1. The molecule has 36 heavy (non-hydrogen) atoms. The Morgan fingerprint density at radius 2 is 1.86 bits per heavy atom. The molecule has 2 aromatic rings. The normalized spacial score (nSPS) is 17.8. The van der Waals surface area contributed by atoms with Gasteiger partial charge in [-0.2, -0.15) is 5.26 Å². The fraction of sp³-hybridized carbons (Fsp3) is 0.370. The van der Waals surface area contributed by atoms with Gasteiger partial charge in [-0.3, -0.25) is 15.0 Å². The zero-order valence-electron chi connectivity index (χ0n) is 20.5. The van der Waals surface area contributed by atoms with Crippen molar-refractivity contribution in [1.29, 1.82) is 10.7 Å². The van der Waals surface area contributed by atoms with Crippen LogP contribution in [-0.2, 0) is 9.53 Å². The third kappa shape index (κ3) is 6.15. The second-order valence-electron chi connectivity index (χ2n) is 9.10. The largest absolute Gasteiger partial charge is 0.381 e. The van der Waals surface area contributed by atoms with Gasteiger partial charge in [-0.15, -0.1) is 0 Å². The number of benzene rings is 2. The number of piperazine rings is 1. The first-order valence-electron chi connectivity index (χ1n) is 12.2. The van der Waals surface area contributed by atoms with Crippen LogP contribution in [0.25, 0.3) is 0 Å². The van der Waals surface area contributed by atoms with Gasteiger partial charge in [-0.05, 0) is 43.2 Å². The van der Waals surface area contributed by atoms with Crippen molar-refractivity contribution in [3.8, 4) is 6.07 Å². The van der Waals surface area contributed by atoms with E-state index in [9.17, 15) is 14.4 Å². The number of nitriles is 1. The predicted molar refractivity (Wildman–Crippen MR) is 137 cm³/mol. The number of carbonyl (C=O) groups is 1. The van der Waals surface area contributed by atoms with Crippen LogP contribution in [0.1, 0.15) is 25.3 Å². The molecule has 0 radical (unpaired) electrons. The number of quaternary nitrogens is 1. The first-order chi connectivity index (χ1) is 17.5. The summed E-state index contributed by atoms with van der Waals surface area (Å²) in [5.74, 6) is -0.778. The molecule has 2 fully saturated rings. The van der Waals surface area contributed by atoms with Gasteiger partial charge < -0.3 is 20.4 Å². The van der Waals surface area contributed by atoms with E-state index in [0.717, 1.165) is 69.8 Å². The highest BCUT2D eigenvalue weighted by atomic mass is 19.1. The standard InChI is InChI=1S/C27H31FN6O2/c1-19(31-22-4-2-21(28)3-5-22)25(18-30)27(35)32-23-6-7-26(20(16-23)17-29)34-12-10-33(11-13-34)24-8-14-36-15-9-24/h2-7,16,18,24,30-31H,8-15H2,1H3,(H,32,35)/p+1. The molecule has 0 saturated carbocycles. The van der Waals surface area contributed by atoms with Crippen LogP contribution in [0, 0.1) is 22.6 Å². The maximum Gasteiger partial charge on any atom is 0.262 e. The number of nitrogens with one attached hydrogen (secondary N) is 2. The molecule has 2 heterocycles. The highest BCUT2D eigenvalue weighted by molar-refractivity contribution is 6.17. The molecule has 0 atom stereocenters. The molecule has 9 heteroatoms. The number of halogens is 1. The van der Waals surface area contributed by atoms with Gasteiger partial charge in [-0.25, -0.2) is 4.39 Å². The van der Waals surface area contributed by atoms with E-state index in [0.29, 0.717) is 23.0 Å². The highest BCUT2D eigenvalue weighted by Crippen LogP contribution is 2.26. The average Bonchev–Trinajstić information content (AvgIpc) is 2.91. The summed E-state index contributed by atoms with van der Waals surface area (Å²) in [4.78, 5) is 17.6. The molecule has 0 unspecified atom stereocenters. The first kappa shape index (κ1) is 25.5. The second-order valence-corrected chi connectivity index (χ2v) is 9.10. The lowest BCUT2D eigenvalue weighted by Gasteiger charge is -2.41. The number of nitrogens with zero attached hydrogens (tertiary/aromatic N) is 3. The summed E-state index contributed by atoms with van der Waals surface area (Å²) in [6.45, 7) is 6.97. The molecule has 2 aliphatic heterocycles. The summed E-state index contributed by atoms with van der Waals surface area (Å²) in [6, 6.07) is 14.1. The summed E-state index contributed by atoms with van der Waals surface area (Å²) in [5.41, 5.74) is 3.36. The van der Waals surface area contributed by atoms with Gasteiger partial charge in [0.15, 0.2) is 0 Å². The van der Waals surface area contributed by atoms with Crippen molar-refractivity contribution in [3.05, 3.63) is 65.1 Å². The number of hydrogen-bond acceptors (Lipinski definition) is 6. The Labute approximate surface area is 210 Å². The van der Waals surface area contributed by atoms with Crippen molar-refractivity contribution in [2.24, 2.45) is 0 Å². The molecule has 4 rings (SSSR count). The Kier molecular flexibility index (Phi) is 8.44. The number of hydrogen-bond donors (Lipinski definition) is 3. The minimum Gasteiger partial charge on any atom is -0.381 e. The third-order valence-electron chi connectivity index (χ3n) is 6.80. The van der Waals surface area contributed by atoms with Gasteiger partial charge in [-0.1, -0.05) is 0 Å². The lowest BCUT2D eigenvalue weighted by molar-refractivity contribution is -0.517. The van der Waals surface area contributed by atoms with E-state index >= 15 is 0 Å². The summed E-state index contributed by atoms with van der Waals surface area (Å²) < 4.78 is 18.6. The molecule has 2 saturated heterocycles. The van der Waals surface area contributed by atoms with E-state index < -0.39 is 5.91 Å². The van der Waals surface area contributed by atoms with Crippen LogP contribution in [-0.4, -0.2) is 62.5 Å². The summed E-state index contributed by atoms with van der Waals surface area (Å²) >= 11 is 0. The summed E-state index contributed by atoms with van der Waals surface area (Å²) in [6.07, 6.45) is 3.15. The molecule has 188 valence electrons. The average molecular weight is 492 g/mol. The van der Waals surface area contributed by atoms with E-state index in [1.165, 1.54) is 12.1 Å². The molecule has 4 N–H and O–H groups in total. The maximum absolute atomic E-state index is 13.2. The molecular formula is C27H32FN6O2+. The van der Waals surface area contributed by atoms with E-state index in [1.54, 1.807) is 36.5 Å². The minimum atomic E-state index is -0.442. The number of carbonyl (C=O) groups excluding carboxylic acids is 1. The lowest BCUT2D eigenvalue weighted by Crippen LogP contribution is -2.75. The maximum atomic E-state index is 13.2. The fourth-order valence-corrected chi connectivity index (χ4v) is 4.80. The first-order valence-corrected chi connectivity index (χ1v) is 12.2. The van der Waals surface area contributed by atoms with Gasteiger partial charge in [0.2, 0.25) is 0 Å². The Hall–Kier alpha value is -3.58. The van der Waals surface area contributed by atoms with Crippen molar-refractivity contribution >= 4 is 29.2 Å². The van der Waals surface area contributed by atoms with Gasteiger partial charge in [0.1, 0.15) is 28.8 Å². The number of anilines is 2. The van der Waals surface area contributed by atoms with Crippen molar-refractivity contribution in [1.82, 2.24) is 4.90 Å². The van der Waals surface area contributed by atoms with E-state index in [1.807, 2.05) is 6.07 Å². The minimum absolute atomic E-state index is 0.186. The topological polar surface area (TPSA) is 109 Å². The molecule has 0 bridgehead atoms. The van der Waals surface area contributed by atoms with E-state index in [-0.39, 0.29) is 11.4 Å². The Bertz CT molecular complexity index is 1160. The second kappa shape index (κ2) is 11.9. The highest BCUT2D eigenvalue weighted by Gasteiger charge is 2.26. The Balaban J connectivity index is 1.41. The monoisotopic (exact) mass is 491 g/mol. The molecule has 2 aromatic carbocycles. The molecule has 8 nitrogen and oxygen atoms in total. The Morgan fingerprint density at radius 1 is 1.17 bits per heavy atom. The zero-order valence-corrected chi connectivity index (χ0v) is 20.5. The third-order valence-corrected chi connectivity index (χ3v) is 6.80. The Morgan fingerprint density at radius 3 is 2.50 bits per heavy atom.